The highest BCUT2D eigenvalue weighted by molar-refractivity contribution is 7.48. The fraction of sp³-hybridized carbons (Fsp3) is 0.667. The fourth-order valence-electron chi connectivity index (χ4n) is 3.23. The molecular formula is C21H31FN5O13P. The van der Waals surface area contributed by atoms with Crippen LogP contribution >= 0.6 is 7.82 Å². The molecule has 0 saturated carbocycles. The van der Waals surface area contributed by atoms with Gasteiger partial charge in [-0.3, -0.25) is 9.32 Å². The van der Waals surface area contributed by atoms with Gasteiger partial charge in [-0.15, -0.1) is 0 Å². The lowest BCUT2D eigenvalue weighted by molar-refractivity contribution is -0.134. The minimum Gasteiger partial charge on any atom is -0.432 e. The Kier molecular flexibility index (Phi) is 12.3. The smallest absolute Gasteiger partial charge is 0.432 e. The van der Waals surface area contributed by atoms with E-state index < -0.39 is 89.1 Å². The minimum atomic E-state index is -4.86. The monoisotopic (exact) mass is 611 g/mol. The Morgan fingerprint density at radius 3 is 2.27 bits per heavy atom. The second-order valence-corrected chi connectivity index (χ2v) is 10.5. The summed E-state index contributed by atoms with van der Waals surface area (Å²) in [5.41, 5.74) is 6.66. The molecule has 41 heavy (non-hydrogen) atoms. The van der Waals surface area contributed by atoms with Crippen LogP contribution in [0.4, 0.5) is 14.0 Å². The summed E-state index contributed by atoms with van der Waals surface area (Å²) < 4.78 is 68.1. The van der Waals surface area contributed by atoms with Crippen LogP contribution in [0.15, 0.2) is 29.8 Å². The lowest BCUT2D eigenvalue weighted by atomic mass is 9.97. The van der Waals surface area contributed by atoms with E-state index in [1.165, 1.54) is 27.7 Å². The van der Waals surface area contributed by atoms with Gasteiger partial charge in [-0.05, 0) is 33.2 Å². The molecule has 2 heterocycles. The first-order valence-electron chi connectivity index (χ1n) is 11.9. The van der Waals surface area contributed by atoms with Gasteiger partial charge in [-0.1, -0.05) is 11.7 Å². The van der Waals surface area contributed by atoms with Gasteiger partial charge in [0.05, 0.1) is 25.4 Å². The number of aliphatic hydroxyl groups is 1. The van der Waals surface area contributed by atoms with E-state index in [0.29, 0.717) is 0 Å². The molecule has 2 N–H and O–H groups in total. The summed E-state index contributed by atoms with van der Waals surface area (Å²) in [4.78, 5) is 38.4. The number of alkyl halides is 1. The van der Waals surface area contributed by atoms with Crippen molar-refractivity contribution < 1.29 is 65.7 Å². The number of carbonyl (C=O) groups is 3. The fourth-order valence-corrected chi connectivity index (χ4v) is 4.20. The summed E-state index contributed by atoms with van der Waals surface area (Å²) in [7, 11) is -4.86. The highest BCUT2D eigenvalue weighted by Crippen LogP contribution is 2.51. The van der Waals surface area contributed by atoms with E-state index in [-0.39, 0.29) is 5.82 Å². The number of nitrogens with one attached hydrogen (secondary N) is 1. The van der Waals surface area contributed by atoms with E-state index in [1.807, 2.05) is 0 Å². The van der Waals surface area contributed by atoms with Gasteiger partial charge in [0.25, 0.3) is 5.91 Å². The maximum Gasteiger partial charge on any atom is 0.510 e. The predicted octanol–water partition coefficient (Wildman–Crippen LogP) is 2.70. The number of phosphoric ester groups is 1. The van der Waals surface area contributed by atoms with E-state index >= 15 is 4.39 Å². The first kappa shape index (κ1) is 33.8. The van der Waals surface area contributed by atoms with Crippen LogP contribution in [0.3, 0.4) is 0 Å². The minimum absolute atomic E-state index is 0.0916. The van der Waals surface area contributed by atoms with Gasteiger partial charge in [0.15, 0.2) is 12.4 Å². The van der Waals surface area contributed by atoms with Crippen LogP contribution in [0.25, 0.3) is 10.4 Å². The van der Waals surface area contributed by atoms with E-state index in [1.54, 1.807) is 0 Å². The molecule has 0 aliphatic carbocycles. The van der Waals surface area contributed by atoms with Gasteiger partial charge in [-0.2, -0.15) is 0 Å². The van der Waals surface area contributed by atoms with Crippen LogP contribution < -0.4 is 5.32 Å². The zero-order valence-corrected chi connectivity index (χ0v) is 23.4. The quantitative estimate of drug-likeness (QED) is 0.0719. The van der Waals surface area contributed by atoms with Gasteiger partial charge in [0.1, 0.15) is 17.5 Å². The third kappa shape index (κ3) is 9.86. The van der Waals surface area contributed by atoms with Gasteiger partial charge >= 0.3 is 20.1 Å². The second-order valence-electron chi connectivity index (χ2n) is 8.85. The van der Waals surface area contributed by atoms with Crippen molar-refractivity contribution in [1.82, 2.24) is 10.2 Å². The summed E-state index contributed by atoms with van der Waals surface area (Å²) in [6.07, 6.45) is -7.16. The molecule has 1 amide bonds. The Balaban J connectivity index is 2.22. The van der Waals surface area contributed by atoms with Crippen LogP contribution in [0, 0.1) is 0 Å². The number of amides is 1. The van der Waals surface area contributed by atoms with Crippen molar-refractivity contribution in [2.75, 3.05) is 26.7 Å². The van der Waals surface area contributed by atoms with Crippen LogP contribution in [0.5, 0.6) is 0 Å². The molecule has 2 aliphatic rings. The third-order valence-corrected chi connectivity index (χ3v) is 6.30. The van der Waals surface area contributed by atoms with Gasteiger partial charge < -0.3 is 39.0 Å². The van der Waals surface area contributed by atoms with E-state index in [9.17, 15) is 24.1 Å². The zero-order chi connectivity index (χ0) is 30.8. The lowest BCUT2D eigenvalue weighted by Crippen LogP contribution is -2.48. The largest absolute Gasteiger partial charge is 0.510 e. The lowest BCUT2D eigenvalue weighted by Gasteiger charge is -2.34. The van der Waals surface area contributed by atoms with Crippen LogP contribution in [-0.2, 0) is 46.6 Å². The Hall–Kier alpha value is -3.44. The van der Waals surface area contributed by atoms with Gasteiger partial charge in [-0.25, -0.2) is 27.6 Å². The molecule has 230 valence electrons. The molecule has 0 bridgehead atoms. The maximum atomic E-state index is 15.3. The molecule has 1 saturated heterocycles. The molecule has 0 aromatic carbocycles. The summed E-state index contributed by atoms with van der Waals surface area (Å²) in [5.74, 6) is -0.635. The van der Waals surface area contributed by atoms with Crippen molar-refractivity contribution in [3.05, 3.63) is 35.1 Å². The Morgan fingerprint density at radius 2 is 1.78 bits per heavy atom. The predicted molar refractivity (Wildman–Crippen MR) is 132 cm³/mol. The third-order valence-electron chi connectivity index (χ3n) is 5.02. The number of hydrogen-bond donors (Lipinski definition) is 2. The molecule has 0 aromatic heterocycles. The average Bonchev–Trinajstić information content (AvgIpc) is 3.11. The average molecular weight is 611 g/mol. The highest BCUT2D eigenvalue weighted by Gasteiger charge is 2.58. The number of hydrogen-bond acceptors (Lipinski definition) is 15. The maximum absolute atomic E-state index is 15.3. The molecule has 0 radical (unpaired) electrons. The number of azide groups is 1. The topological polar surface area (TPSA) is 226 Å². The van der Waals surface area contributed by atoms with Crippen molar-refractivity contribution in [2.45, 2.75) is 64.0 Å². The van der Waals surface area contributed by atoms with Crippen LogP contribution in [0.2, 0.25) is 0 Å². The summed E-state index contributed by atoms with van der Waals surface area (Å²) in [5, 5.41) is 16.4. The van der Waals surface area contributed by atoms with Crippen LogP contribution in [0.1, 0.15) is 27.7 Å². The molecule has 20 heteroatoms. The Labute approximate surface area is 233 Å². The first-order chi connectivity index (χ1) is 19.2. The number of aliphatic hydroxyl groups excluding tert-OH is 1. The second kappa shape index (κ2) is 15.0. The Bertz CT molecular complexity index is 1070. The molecule has 0 unspecified atom stereocenters. The van der Waals surface area contributed by atoms with Crippen molar-refractivity contribution >= 4 is 26.0 Å². The zero-order valence-electron chi connectivity index (χ0n) is 22.5. The van der Waals surface area contributed by atoms with Crippen molar-refractivity contribution in [1.29, 1.82) is 0 Å². The standard InChI is InChI=1S/C21H31FN5O13P/c1-12(2)38-19(30)33-10-36-41(32,37-11-34-20(31)39-13(3)4)35-9-21(8-24-26-23)17(29)16(22)18(40-21)27-7-6-15(28)25-14(27)5/h6-7,12-13,16-18,29H,5,8-11H2,1-4H3,(H,25,28)/t16-,17+,18-,21-/m1/s1. The number of ether oxygens (including phenoxy) is 5. The molecule has 2 rings (SSSR count). The number of halogens is 1. The summed E-state index contributed by atoms with van der Waals surface area (Å²) in [6.45, 7) is 5.92. The summed E-state index contributed by atoms with van der Waals surface area (Å²) >= 11 is 0. The van der Waals surface area contributed by atoms with Crippen molar-refractivity contribution in [2.24, 2.45) is 5.11 Å². The van der Waals surface area contributed by atoms with Crippen LogP contribution in [-0.4, -0.2) is 91.3 Å². The molecular weight excluding hydrogens is 580 g/mol. The molecule has 18 nitrogen and oxygen atoms in total. The normalized spacial score (nSPS) is 24.2. The van der Waals surface area contributed by atoms with E-state index in [4.69, 9.17) is 33.3 Å². The van der Waals surface area contributed by atoms with E-state index in [0.717, 1.165) is 17.2 Å². The van der Waals surface area contributed by atoms with E-state index in [2.05, 4.69) is 31.4 Å². The molecule has 2 aliphatic heterocycles. The van der Waals surface area contributed by atoms with Crippen molar-refractivity contribution in [3.63, 3.8) is 0 Å². The molecule has 4 atom stereocenters. The number of carbonyl (C=O) groups excluding carboxylic acids is 3. The van der Waals surface area contributed by atoms with Gasteiger partial charge in [0, 0.05) is 17.2 Å². The van der Waals surface area contributed by atoms with Crippen molar-refractivity contribution in [3.8, 4) is 0 Å². The highest BCUT2D eigenvalue weighted by atomic mass is 31.2. The first-order valence-corrected chi connectivity index (χ1v) is 13.4. The number of nitrogens with zero attached hydrogens (tertiary/aromatic N) is 4. The molecule has 0 aromatic rings. The molecule has 0 spiro atoms. The Morgan fingerprint density at radius 1 is 1.22 bits per heavy atom. The SMILES string of the molecule is C=C1NC(=O)C=CN1[C@@H]1O[C@](CN=[N+]=[N-])(COP(=O)(OCOC(=O)OC(C)C)OCOC(=O)OC(C)C)[C@@H](O)[C@H]1F. The number of rotatable bonds is 14. The van der Waals surface area contributed by atoms with Gasteiger partial charge in [0.2, 0.25) is 13.6 Å². The summed E-state index contributed by atoms with van der Waals surface area (Å²) in [6, 6.07) is 0. The molecule has 1 fully saturated rings. The number of phosphoric acid groups is 1.